The summed E-state index contributed by atoms with van der Waals surface area (Å²) in [6, 6.07) is 3.99. The van der Waals surface area contributed by atoms with E-state index in [0.717, 1.165) is 29.2 Å². The fourth-order valence-corrected chi connectivity index (χ4v) is 2.64. The van der Waals surface area contributed by atoms with Gasteiger partial charge in [-0.15, -0.1) is 0 Å². The molecular formula is C16H23Cl2NOZr. The first-order chi connectivity index (χ1) is 10.1. The van der Waals surface area contributed by atoms with E-state index in [4.69, 9.17) is 17.0 Å². The van der Waals surface area contributed by atoms with Crippen molar-refractivity contribution in [2.24, 2.45) is 10.9 Å². The third kappa shape index (κ3) is 6.84. The zero-order valence-electron chi connectivity index (χ0n) is 12.7. The monoisotopic (exact) mass is 405 g/mol. The number of hydrogen-bond acceptors (Lipinski definition) is 2. The van der Waals surface area contributed by atoms with Gasteiger partial charge in [-0.2, -0.15) is 0 Å². The first-order valence-electron chi connectivity index (χ1n) is 7.35. The molecule has 1 aromatic rings. The zero-order valence-corrected chi connectivity index (χ0v) is 16.7. The minimum absolute atomic E-state index is 0.377. The molecule has 1 fully saturated rings. The third-order valence-electron chi connectivity index (χ3n) is 3.95. The summed E-state index contributed by atoms with van der Waals surface area (Å²) >= 11 is -0.826. The number of aryl methyl sites for hydroxylation is 2. The van der Waals surface area contributed by atoms with Crippen LogP contribution in [0.2, 0.25) is 0 Å². The van der Waals surface area contributed by atoms with Gasteiger partial charge in [-0.25, -0.2) is 0 Å². The van der Waals surface area contributed by atoms with Crippen molar-refractivity contribution in [3.05, 3.63) is 28.8 Å². The van der Waals surface area contributed by atoms with Crippen LogP contribution in [0.3, 0.4) is 0 Å². The predicted molar refractivity (Wildman–Crippen MR) is 88.3 cm³/mol. The Balaban J connectivity index is 0.000000677. The first-order valence-corrected chi connectivity index (χ1v) is 13.7. The van der Waals surface area contributed by atoms with Crippen molar-refractivity contribution in [1.29, 1.82) is 0 Å². The van der Waals surface area contributed by atoms with Crippen LogP contribution in [0, 0.1) is 19.8 Å². The summed E-state index contributed by atoms with van der Waals surface area (Å²) in [6.45, 7) is 4.85. The number of benzene rings is 1. The molecule has 0 amide bonds. The molecule has 0 heterocycles. The van der Waals surface area contributed by atoms with Gasteiger partial charge in [0.2, 0.25) is 0 Å². The second-order valence-electron chi connectivity index (χ2n) is 5.53. The van der Waals surface area contributed by atoms with E-state index in [0.29, 0.717) is 5.75 Å². The van der Waals surface area contributed by atoms with Crippen molar-refractivity contribution in [1.82, 2.24) is 0 Å². The topological polar surface area (TPSA) is 32.6 Å². The molecule has 0 spiro atoms. The van der Waals surface area contributed by atoms with Gasteiger partial charge < -0.3 is 5.11 Å². The Bertz CT molecular complexity index is 460. The summed E-state index contributed by atoms with van der Waals surface area (Å²) in [6.07, 6.45) is 8.58. The quantitative estimate of drug-likeness (QED) is 0.670. The van der Waals surface area contributed by atoms with Gasteiger partial charge in [0.25, 0.3) is 0 Å². The van der Waals surface area contributed by atoms with Gasteiger partial charge in [-0.3, -0.25) is 4.99 Å². The number of phenols is 1. The second-order valence-corrected chi connectivity index (χ2v) is 9.26. The van der Waals surface area contributed by atoms with E-state index in [1.807, 2.05) is 32.2 Å². The Morgan fingerprint density at radius 2 is 1.76 bits per heavy atom. The zero-order chi connectivity index (χ0) is 15.7. The van der Waals surface area contributed by atoms with E-state index in [2.05, 4.69) is 4.99 Å². The molecule has 1 saturated carbocycles. The minimum atomic E-state index is -0.826. The van der Waals surface area contributed by atoms with E-state index in [-0.39, 0.29) is 0 Å². The van der Waals surface area contributed by atoms with Crippen LogP contribution in [0.4, 0.5) is 0 Å². The van der Waals surface area contributed by atoms with Gasteiger partial charge in [-0.1, -0.05) is 31.4 Å². The number of aromatic hydroxyl groups is 1. The van der Waals surface area contributed by atoms with Crippen molar-refractivity contribution in [2.75, 3.05) is 6.54 Å². The Kier molecular flexibility index (Phi) is 9.88. The van der Waals surface area contributed by atoms with Gasteiger partial charge in [0.1, 0.15) is 5.75 Å². The Morgan fingerprint density at radius 3 is 2.38 bits per heavy atom. The van der Waals surface area contributed by atoms with Crippen LogP contribution in [-0.2, 0) is 20.8 Å². The van der Waals surface area contributed by atoms with Crippen molar-refractivity contribution in [2.45, 2.75) is 46.0 Å². The molecule has 2 rings (SSSR count). The number of halogens is 2. The van der Waals surface area contributed by atoms with Gasteiger partial charge >= 0.3 is 37.9 Å². The van der Waals surface area contributed by atoms with Crippen molar-refractivity contribution < 1.29 is 26.0 Å². The molecule has 0 aliphatic heterocycles. The van der Waals surface area contributed by atoms with Crippen LogP contribution in [0.5, 0.6) is 5.75 Å². The van der Waals surface area contributed by atoms with E-state index < -0.39 is 20.8 Å². The average molecular weight is 407 g/mol. The molecule has 0 bridgehead atoms. The van der Waals surface area contributed by atoms with Crippen LogP contribution in [0.25, 0.3) is 0 Å². The average Bonchev–Trinajstić information content (AvgIpc) is 2.49. The molecule has 1 aliphatic rings. The fraction of sp³-hybridized carbons (Fsp3) is 0.562. The van der Waals surface area contributed by atoms with Crippen molar-refractivity contribution in [3.8, 4) is 5.75 Å². The van der Waals surface area contributed by atoms with Crippen LogP contribution >= 0.6 is 17.0 Å². The summed E-state index contributed by atoms with van der Waals surface area (Å²) < 4.78 is 0. The van der Waals surface area contributed by atoms with Crippen LogP contribution in [0.15, 0.2) is 17.1 Å². The Hall–Kier alpha value is 0.153. The Labute approximate surface area is 146 Å². The van der Waals surface area contributed by atoms with Crippen LogP contribution in [0.1, 0.15) is 48.8 Å². The summed E-state index contributed by atoms with van der Waals surface area (Å²) in [5.74, 6) is 1.13. The molecule has 5 heteroatoms. The van der Waals surface area contributed by atoms with Gasteiger partial charge in [0, 0.05) is 18.3 Å². The normalized spacial score (nSPS) is 15.6. The molecule has 0 aromatic heterocycles. The third-order valence-corrected chi connectivity index (χ3v) is 3.95. The first kappa shape index (κ1) is 19.2. The molecule has 1 aliphatic carbocycles. The summed E-state index contributed by atoms with van der Waals surface area (Å²) in [5, 5.41) is 10.0. The summed E-state index contributed by atoms with van der Waals surface area (Å²) in [4.78, 5) is 4.54. The van der Waals surface area contributed by atoms with E-state index in [1.54, 1.807) is 0 Å². The number of nitrogens with zero attached hydrogens (tertiary/aromatic N) is 1. The van der Waals surface area contributed by atoms with Gasteiger partial charge in [0.15, 0.2) is 0 Å². The number of phenolic OH excluding ortho intramolecular Hbond substituents is 1. The van der Waals surface area contributed by atoms with Gasteiger partial charge in [-0.05, 0) is 43.7 Å². The second kappa shape index (κ2) is 10.8. The molecule has 0 atom stereocenters. The summed E-state index contributed by atoms with van der Waals surface area (Å²) in [7, 11) is 9.87. The molecule has 1 N–H and O–H groups in total. The van der Waals surface area contributed by atoms with E-state index >= 15 is 0 Å². The predicted octanol–water partition coefficient (Wildman–Crippen LogP) is 5.38. The number of aliphatic imine (C=N–C) groups is 1. The van der Waals surface area contributed by atoms with Crippen molar-refractivity contribution >= 4 is 23.2 Å². The van der Waals surface area contributed by atoms with E-state index in [1.165, 1.54) is 32.1 Å². The van der Waals surface area contributed by atoms with Gasteiger partial charge in [0.05, 0.1) is 0 Å². The standard InChI is InChI=1S/C16H23NO.2ClH.Zr/c1-12-8-9-13(2)16(18)15(12)11-17-10-14-6-4-3-5-7-14;;;/h8-9,11,14,18H,3-7,10H2,1-2H3;2*1H;/q;;;+2/p-2. The molecule has 0 unspecified atom stereocenters. The van der Waals surface area contributed by atoms with E-state index in [9.17, 15) is 5.11 Å². The molecule has 116 valence electrons. The molecule has 0 saturated heterocycles. The maximum absolute atomic E-state index is 10.0. The SMILES string of the molecule is Cc1ccc(C)c(C=NCC2CCCCC2)c1O.[Cl][Zr][Cl]. The maximum atomic E-state index is 10.0. The molecule has 21 heavy (non-hydrogen) atoms. The molecule has 2 nitrogen and oxygen atoms in total. The Morgan fingerprint density at radius 1 is 1.19 bits per heavy atom. The van der Waals surface area contributed by atoms with Crippen LogP contribution in [-0.4, -0.2) is 17.9 Å². The van der Waals surface area contributed by atoms with Crippen LogP contribution < -0.4 is 0 Å². The van der Waals surface area contributed by atoms with Crippen molar-refractivity contribution in [3.63, 3.8) is 0 Å². The number of rotatable bonds is 3. The summed E-state index contributed by atoms with van der Waals surface area (Å²) in [5.41, 5.74) is 2.89. The molecular weight excluding hydrogens is 384 g/mol. The molecule has 0 radical (unpaired) electrons. The molecule has 1 aromatic carbocycles. The fourth-order valence-electron chi connectivity index (χ4n) is 2.64. The number of hydrogen-bond donors (Lipinski definition) is 1.